The largest absolute Gasteiger partial charge is 0.312 e. The summed E-state index contributed by atoms with van der Waals surface area (Å²) in [6, 6.07) is 13.0. The van der Waals surface area contributed by atoms with Gasteiger partial charge in [-0.2, -0.15) is 0 Å². The lowest BCUT2D eigenvalue weighted by molar-refractivity contribution is 0.0984. The quantitative estimate of drug-likeness (QED) is 0.547. The van der Waals surface area contributed by atoms with E-state index in [2.05, 4.69) is 0 Å². The standard InChI is InChI=1S/C21H17Cl2NO2/c22-18-8-4-13(12-19(18)23)5-9-20(25)16-2-1-3-17-15(16)10-11-24(21(17)26)14-6-7-14/h1-4,8,10-12,14H,5-7,9H2. The Kier molecular flexibility index (Phi) is 4.60. The van der Waals surface area contributed by atoms with Gasteiger partial charge in [-0.25, -0.2) is 0 Å². The maximum absolute atomic E-state index is 12.8. The summed E-state index contributed by atoms with van der Waals surface area (Å²) in [5, 5.41) is 2.33. The monoisotopic (exact) mass is 385 g/mol. The zero-order valence-electron chi connectivity index (χ0n) is 14.0. The van der Waals surface area contributed by atoms with Crippen molar-refractivity contribution in [2.24, 2.45) is 0 Å². The Morgan fingerprint density at radius 1 is 1.04 bits per heavy atom. The molecule has 0 spiro atoms. The van der Waals surface area contributed by atoms with E-state index >= 15 is 0 Å². The van der Waals surface area contributed by atoms with Crippen LogP contribution in [0.1, 0.15) is 41.2 Å². The minimum absolute atomic E-state index is 0.0101. The van der Waals surface area contributed by atoms with E-state index < -0.39 is 0 Å². The van der Waals surface area contributed by atoms with Crippen LogP contribution in [0, 0.1) is 0 Å². The van der Waals surface area contributed by atoms with Gasteiger partial charge in [-0.1, -0.05) is 41.4 Å². The Hall–Kier alpha value is -2.10. The van der Waals surface area contributed by atoms with Gasteiger partial charge in [0.2, 0.25) is 0 Å². The van der Waals surface area contributed by atoms with Gasteiger partial charge < -0.3 is 4.57 Å². The van der Waals surface area contributed by atoms with E-state index in [1.165, 1.54) is 0 Å². The topological polar surface area (TPSA) is 39.1 Å². The minimum Gasteiger partial charge on any atom is -0.312 e. The van der Waals surface area contributed by atoms with Crippen molar-refractivity contribution in [3.05, 3.63) is 80.2 Å². The van der Waals surface area contributed by atoms with Gasteiger partial charge in [0, 0.05) is 29.6 Å². The number of aromatic nitrogens is 1. The van der Waals surface area contributed by atoms with E-state index in [4.69, 9.17) is 23.2 Å². The van der Waals surface area contributed by atoms with Crippen LogP contribution in [0.25, 0.3) is 10.8 Å². The Labute approximate surface area is 161 Å². The summed E-state index contributed by atoms with van der Waals surface area (Å²) in [6.07, 6.45) is 4.84. The second-order valence-corrected chi connectivity index (χ2v) is 7.51. The fraction of sp³-hybridized carbons (Fsp3) is 0.238. The van der Waals surface area contributed by atoms with Crippen LogP contribution in [0.15, 0.2) is 53.5 Å². The van der Waals surface area contributed by atoms with Gasteiger partial charge in [-0.15, -0.1) is 0 Å². The maximum Gasteiger partial charge on any atom is 0.258 e. The van der Waals surface area contributed by atoms with Crippen molar-refractivity contribution in [3.8, 4) is 0 Å². The van der Waals surface area contributed by atoms with Crippen molar-refractivity contribution in [1.29, 1.82) is 0 Å². The average Bonchev–Trinajstić information content (AvgIpc) is 3.47. The molecule has 5 heteroatoms. The molecule has 2 aromatic carbocycles. The number of pyridine rings is 1. The van der Waals surface area contributed by atoms with Gasteiger partial charge in [0.15, 0.2) is 5.78 Å². The molecule has 1 fully saturated rings. The molecule has 132 valence electrons. The predicted molar refractivity (Wildman–Crippen MR) is 106 cm³/mol. The highest BCUT2D eigenvalue weighted by Crippen LogP contribution is 2.34. The lowest BCUT2D eigenvalue weighted by Crippen LogP contribution is -2.19. The van der Waals surface area contributed by atoms with E-state index in [1.807, 2.05) is 18.3 Å². The summed E-state index contributed by atoms with van der Waals surface area (Å²) in [4.78, 5) is 25.4. The zero-order chi connectivity index (χ0) is 18.3. The van der Waals surface area contributed by atoms with Crippen molar-refractivity contribution >= 4 is 39.8 Å². The fourth-order valence-corrected chi connectivity index (χ4v) is 3.58. The molecule has 0 bridgehead atoms. The van der Waals surface area contributed by atoms with Crippen LogP contribution in [-0.4, -0.2) is 10.4 Å². The number of nitrogens with zero attached hydrogens (tertiary/aromatic N) is 1. The number of halogens is 2. The molecule has 4 rings (SSSR count). The van der Waals surface area contributed by atoms with E-state index in [-0.39, 0.29) is 11.3 Å². The van der Waals surface area contributed by atoms with E-state index in [0.29, 0.717) is 39.9 Å². The zero-order valence-corrected chi connectivity index (χ0v) is 15.6. The predicted octanol–water partition coefficient (Wildman–Crippen LogP) is 5.46. The first kappa shape index (κ1) is 17.3. The highest BCUT2D eigenvalue weighted by atomic mass is 35.5. The lowest BCUT2D eigenvalue weighted by atomic mass is 9.98. The molecule has 0 amide bonds. The van der Waals surface area contributed by atoms with Crippen LogP contribution in [-0.2, 0) is 6.42 Å². The molecule has 0 saturated heterocycles. The number of hydrogen-bond donors (Lipinski definition) is 0. The maximum atomic E-state index is 12.8. The molecule has 26 heavy (non-hydrogen) atoms. The Balaban J connectivity index is 1.61. The highest BCUT2D eigenvalue weighted by Gasteiger charge is 2.25. The first-order valence-electron chi connectivity index (χ1n) is 8.65. The molecule has 0 radical (unpaired) electrons. The summed E-state index contributed by atoms with van der Waals surface area (Å²) in [7, 11) is 0. The molecular formula is C21H17Cl2NO2. The molecule has 0 atom stereocenters. The van der Waals surface area contributed by atoms with Gasteiger partial charge in [0.1, 0.15) is 0 Å². The summed E-state index contributed by atoms with van der Waals surface area (Å²) in [5.41, 5.74) is 1.55. The van der Waals surface area contributed by atoms with Crippen molar-refractivity contribution in [2.45, 2.75) is 31.7 Å². The highest BCUT2D eigenvalue weighted by molar-refractivity contribution is 6.42. The number of carbonyl (C=O) groups is 1. The van der Waals surface area contributed by atoms with E-state index in [9.17, 15) is 9.59 Å². The molecule has 1 aromatic heterocycles. The fourth-order valence-electron chi connectivity index (χ4n) is 3.26. The molecule has 0 aliphatic heterocycles. The second-order valence-electron chi connectivity index (χ2n) is 6.70. The summed E-state index contributed by atoms with van der Waals surface area (Å²) >= 11 is 12.0. The van der Waals surface area contributed by atoms with Gasteiger partial charge in [0.05, 0.1) is 10.0 Å². The van der Waals surface area contributed by atoms with Crippen molar-refractivity contribution in [1.82, 2.24) is 4.57 Å². The Morgan fingerprint density at radius 2 is 1.85 bits per heavy atom. The Morgan fingerprint density at radius 3 is 2.58 bits per heavy atom. The normalized spacial score (nSPS) is 13.9. The molecule has 3 nitrogen and oxygen atoms in total. The number of Topliss-reactive ketones (excluding diaryl/α,β-unsaturated/α-hetero) is 1. The van der Waals surface area contributed by atoms with E-state index in [0.717, 1.165) is 23.8 Å². The van der Waals surface area contributed by atoms with Crippen LogP contribution < -0.4 is 5.56 Å². The smallest absolute Gasteiger partial charge is 0.258 e. The van der Waals surface area contributed by atoms with Gasteiger partial charge in [-0.3, -0.25) is 9.59 Å². The van der Waals surface area contributed by atoms with Crippen molar-refractivity contribution < 1.29 is 4.79 Å². The SMILES string of the molecule is O=C(CCc1ccc(Cl)c(Cl)c1)c1cccc2c(=O)n(C3CC3)ccc12. The van der Waals surface area contributed by atoms with Crippen molar-refractivity contribution in [2.75, 3.05) is 0 Å². The third-order valence-corrected chi connectivity index (χ3v) is 5.58. The van der Waals surface area contributed by atoms with Gasteiger partial charge in [-0.05, 0) is 54.5 Å². The van der Waals surface area contributed by atoms with Crippen LogP contribution >= 0.6 is 23.2 Å². The third kappa shape index (κ3) is 3.29. The molecule has 0 N–H and O–H groups in total. The van der Waals surface area contributed by atoms with Crippen LogP contribution in [0.2, 0.25) is 10.0 Å². The summed E-state index contributed by atoms with van der Waals surface area (Å²) in [6.45, 7) is 0. The second kappa shape index (κ2) is 6.90. The molecule has 1 saturated carbocycles. The van der Waals surface area contributed by atoms with Crippen molar-refractivity contribution in [3.63, 3.8) is 0 Å². The number of ketones is 1. The summed E-state index contributed by atoms with van der Waals surface area (Å²) in [5.74, 6) is 0.0187. The molecule has 1 aliphatic rings. The van der Waals surface area contributed by atoms with E-state index in [1.54, 1.807) is 34.9 Å². The first-order chi connectivity index (χ1) is 12.5. The van der Waals surface area contributed by atoms with Crippen LogP contribution in [0.4, 0.5) is 0 Å². The number of carbonyl (C=O) groups excluding carboxylic acids is 1. The molecular weight excluding hydrogens is 369 g/mol. The van der Waals surface area contributed by atoms with Crippen LogP contribution in [0.5, 0.6) is 0 Å². The molecule has 0 unspecified atom stereocenters. The molecule has 1 heterocycles. The number of rotatable bonds is 5. The molecule has 3 aromatic rings. The third-order valence-electron chi connectivity index (χ3n) is 4.84. The number of aryl methyl sites for hydroxylation is 1. The minimum atomic E-state index is -0.0101. The number of hydrogen-bond acceptors (Lipinski definition) is 2. The number of fused-ring (bicyclic) bond motifs is 1. The number of benzene rings is 2. The Bertz CT molecular complexity index is 1070. The van der Waals surface area contributed by atoms with Gasteiger partial charge >= 0.3 is 0 Å². The average molecular weight is 386 g/mol. The van der Waals surface area contributed by atoms with Crippen LogP contribution in [0.3, 0.4) is 0 Å². The molecule has 1 aliphatic carbocycles. The summed E-state index contributed by atoms with van der Waals surface area (Å²) < 4.78 is 1.78. The lowest BCUT2D eigenvalue weighted by Gasteiger charge is -2.09. The van der Waals surface area contributed by atoms with Gasteiger partial charge in [0.25, 0.3) is 5.56 Å². The first-order valence-corrected chi connectivity index (χ1v) is 9.41.